The van der Waals surface area contributed by atoms with Gasteiger partial charge in [0, 0.05) is 5.69 Å². The molecular formula is C34H33N3O6S. The number of nitrogens with zero attached hydrogens (tertiary/aromatic N) is 2. The van der Waals surface area contributed by atoms with Crippen LogP contribution in [0.1, 0.15) is 43.5 Å². The lowest BCUT2D eigenvalue weighted by molar-refractivity contribution is -0.143. The smallest absolute Gasteiger partial charge is 0.338 e. The maximum absolute atomic E-state index is 13.9. The van der Waals surface area contributed by atoms with Crippen LogP contribution in [-0.2, 0) is 14.3 Å². The third kappa shape index (κ3) is 6.65. The number of esters is 1. The van der Waals surface area contributed by atoms with Gasteiger partial charge in [-0.3, -0.25) is 14.2 Å². The van der Waals surface area contributed by atoms with Crippen molar-refractivity contribution in [1.82, 2.24) is 4.57 Å². The van der Waals surface area contributed by atoms with Crippen molar-refractivity contribution in [3.8, 4) is 11.5 Å². The quantitative estimate of drug-likeness (QED) is 0.279. The number of ether oxygens (including phenoxy) is 3. The monoisotopic (exact) mass is 611 g/mol. The van der Waals surface area contributed by atoms with Crippen LogP contribution in [0.15, 0.2) is 93.9 Å². The highest BCUT2D eigenvalue weighted by atomic mass is 32.1. The van der Waals surface area contributed by atoms with Gasteiger partial charge in [0.1, 0.15) is 0 Å². The van der Waals surface area contributed by atoms with Crippen molar-refractivity contribution in [3.63, 3.8) is 0 Å². The Balaban J connectivity index is 1.44. The molecule has 1 aliphatic heterocycles. The van der Waals surface area contributed by atoms with E-state index in [1.165, 1.54) is 18.4 Å². The number of benzene rings is 3. The van der Waals surface area contributed by atoms with Crippen LogP contribution in [0.3, 0.4) is 0 Å². The van der Waals surface area contributed by atoms with E-state index in [1.54, 1.807) is 49.6 Å². The molecule has 4 aromatic rings. The van der Waals surface area contributed by atoms with Crippen molar-refractivity contribution in [2.75, 3.05) is 19.0 Å². The first-order chi connectivity index (χ1) is 21.1. The van der Waals surface area contributed by atoms with Crippen molar-refractivity contribution in [2.24, 2.45) is 4.99 Å². The highest BCUT2D eigenvalue weighted by Gasteiger charge is 2.33. The fraction of sp³-hybridized carbons (Fsp3) is 0.235. The van der Waals surface area contributed by atoms with Gasteiger partial charge in [0.25, 0.3) is 11.5 Å². The average Bonchev–Trinajstić information content (AvgIpc) is 3.30. The van der Waals surface area contributed by atoms with Gasteiger partial charge in [-0.1, -0.05) is 65.4 Å². The van der Waals surface area contributed by atoms with E-state index in [9.17, 15) is 14.4 Å². The molecule has 9 nitrogen and oxygen atoms in total. The molecule has 44 heavy (non-hydrogen) atoms. The van der Waals surface area contributed by atoms with E-state index < -0.39 is 12.0 Å². The van der Waals surface area contributed by atoms with E-state index in [0.717, 1.165) is 11.1 Å². The van der Waals surface area contributed by atoms with Gasteiger partial charge < -0.3 is 19.5 Å². The van der Waals surface area contributed by atoms with Gasteiger partial charge in [0.2, 0.25) is 0 Å². The van der Waals surface area contributed by atoms with Crippen LogP contribution >= 0.6 is 11.3 Å². The summed E-state index contributed by atoms with van der Waals surface area (Å²) in [5.74, 6) is -0.0113. The van der Waals surface area contributed by atoms with Crippen LogP contribution in [0.25, 0.3) is 6.08 Å². The van der Waals surface area contributed by atoms with E-state index >= 15 is 0 Å². The summed E-state index contributed by atoms with van der Waals surface area (Å²) in [6.07, 6.45) is 1.42. The minimum absolute atomic E-state index is 0.206. The molecule has 0 radical (unpaired) electrons. The molecule has 1 amide bonds. The molecule has 0 saturated heterocycles. The Hall–Kier alpha value is -4.96. The largest absolute Gasteiger partial charge is 0.493 e. The predicted octanol–water partition coefficient (Wildman–Crippen LogP) is 4.52. The van der Waals surface area contributed by atoms with Crippen molar-refractivity contribution in [1.29, 1.82) is 0 Å². The molecule has 226 valence electrons. The van der Waals surface area contributed by atoms with Crippen LogP contribution in [0, 0.1) is 6.92 Å². The molecule has 0 aliphatic carbocycles. The number of fused-ring (bicyclic) bond motifs is 1. The molecule has 0 spiro atoms. The molecule has 0 saturated carbocycles. The first-order valence-electron chi connectivity index (χ1n) is 14.1. The van der Waals surface area contributed by atoms with Crippen LogP contribution in [-0.4, -0.2) is 36.3 Å². The lowest BCUT2D eigenvalue weighted by Crippen LogP contribution is -2.40. The number of rotatable bonds is 9. The van der Waals surface area contributed by atoms with Crippen molar-refractivity contribution in [3.05, 3.63) is 120 Å². The van der Waals surface area contributed by atoms with E-state index in [4.69, 9.17) is 14.2 Å². The zero-order valence-electron chi connectivity index (χ0n) is 25.1. The van der Waals surface area contributed by atoms with Gasteiger partial charge in [-0.15, -0.1) is 0 Å². The number of carbonyl (C=O) groups is 2. The maximum atomic E-state index is 13.9. The van der Waals surface area contributed by atoms with Gasteiger partial charge in [0.15, 0.2) is 22.9 Å². The molecule has 2 heterocycles. The second kappa shape index (κ2) is 13.1. The number of carbonyl (C=O) groups excluding carboxylic acids is 2. The number of nitrogens with one attached hydrogen (secondary N) is 1. The van der Waals surface area contributed by atoms with Gasteiger partial charge >= 0.3 is 5.97 Å². The summed E-state index contributed by atoms with van der Waals surface area (Å²) >= 11 is 1.24. The Morgan fingerprint density at radius 3 is 2.43 bits per heavy atom. The number of aromatic nitrogens is 1. The standard InChI is InChI=1S/C34H33N3O6S/c1-20(2)43-33(40)30-22(4)35-34-37(31(30)24-9-7-6-8-10-24)32(39)28(44-34)18-23-13-16-26(27(17-23)41-5)42-19-29(38)36-25-14-11-21(3)12-15-25/h6-18,20,31H,19H2,1-5H3,(H,36,38). The van der Waals surface area contributed by atoms with Gasteiger partial charge in [-0.05, 0) is 69.2 Å². The van der Waals surface area contributed by atoms with Gasteiger partial charge in [0.05, 0.1) is 35.1 Å². The molecule has 0 bridgehead atoms. The summed E-state index contributed by atoms with van der Waals surface area (Å²) in [5, 5.41) is 2.80. The second-order valence-corrected chi connectivity index (χ2v) is 11.6. The predicted molar refractivity (Wildman–Crippen MR) is 170 cm³/mol. The number of hydrogen-bond acceptors (Lipinski definition) is 8. The highest BCUT2D eigenvalue weighted by Crippen LogP contribution is 2.31. The van der Waals surface area contributed by atoms with Gasteiger partial charge in [-0.25, -0.2) is 9.79 Å². The summed E-state index contributed by atoms with van der Waals surface area (Å²) in [7, 11) is 1.51. The first kappa shape index (κ1) is 30.5. The summed E-state index contributed by atoms with van der Waals surface area (Å²) in [4.78, 5) is 44.6. The van der Waals surface area contributed by atoms with Crippen LogP contribution in [0.4, 0.5) is 5.69 Å². The third-order valence-electron chi connectivity index (χ3n) is 6.88. The molecule has 3 aromatic carbocycles. The molecule has 1 atom stereocenters. The Morgan fingerprint density at radius 1 is 1.02 bits per heavy atom. The van der Waals surface area contributed by atoms with Crippen molar-refractivity contribution < 1.29 is 23.8 Å². The molecule has 0 fully saturated rings. The van der Waals surface area contributed by atoms with E-state index in [0.29, 0.717) is 43.4 Å². The first-order valence-corrected chi connectivity index (χ1v) is 14.9. The van der Waals surface area contributed by atoms with Crippen molar-refractivity contribution in [2.45, 2.75) is 39.8 Å². The number of anilines is 1. The maximum Gasteiger partial charge on any atom is 0.338 e. The minimum Gasteiger partial charge on any atom is -0.493 e. The van der Waals surface area contributed by atoms with E-state index in [1.807, 2.05) is 61.5 Å². The SMILES string of the molecule is COc1cc(C=c2sc3n(c2=O)C(c2ccccc2)C(C(=O)OC(C)C)=C(C)N=3)ccc1OCC(=O)Nc1ccc(C)cc1. The second-order valence-electron chi connectivity index (χ2n) is 10.6. The molecule has 10 heteroatoms. The van der Waals surface area contributed by atoms with Gasteiger partial charge in [-0.2, -0.15) is 0 Å². The van der Waals surface area contributed by atoms with Crippen LogP contribution < -0.4 is 29.7 Å². The Labute approximate surface area is 258 Å². The topological polar surface area (TPSA) is 108 Å². The molecule has 1 unspecified atom stereocenters. The molecule has 1 aliphatic rings. The Bertz CT molecular complexity index is 1910. The minimum atomic E-state index is -0.683. The Kier molecular flexibility index (Phi) is 9.10. The molecule has 5 rings (SSSR count). The highest BCUT2D eigenvalue weighted by molar-refractivity contribution is 7.07. The lowest BCUT2D eigenvalue weighted by atomic mass is 9.96. The Morgan fingerprint density at radius 2 is 1.75 bits per heavy atom. The molecule has 1 N–H and O–H groups in total. The fourth-order valence-corrected chi connectivity index (χ4v) is 5.88. The molecular weight excluding hydrogens is 578 g/mol. The van der Waals surface area contributed by atoms with E-state index in [2.05, 4.69) is 10.3 Å². The number of aryl methyl sites for hydroxylation is 1. The number of thiazole rings is 1. The number of methoxy groups -OCH3 is 1. The summed E-state index contributed by atoms with van der Waals surface area (Å²) < 4.78 is 18.8. The molecule has 1 aromatic heterocycles. The lowest BCUT2D eigenvalue weighted by Gasteiger charge is -2.25. The summed E-state index contributed by atoms with van der Waals surface area (Å²) in [5.41, 5.74) is 3.80. The number of allylic oxidation sites excluding steroid dienone is 1. The van der Waals surface area contributed by atoms with Crippen LogP contribution in [0.5, 0.6) is 11.5 Å². The normalized spacial score (nSPS) is 14.6. The summed E-state index contributed by atoms with van der Waals surface area (Å²) in [6.45, 7) is 7.09. The number of amides is 1. The zero-order valence-corrected chi connectivity index (χ0v) is 25.9. The van der Waals surface area contributed by atoms with Crippen molar-refractivity contribution >= 4 is 35.0 Å². The number of hydrogen-bond donors (Lipinski definition) is 1. The summed E-state index contributed by atoms with van der Waals surface area (Å²) in [6, 6.07) is 21.4. The van der Waals surface area contributed by atoms with Crippen LogP contribution in [0.2, 0.25) is 0 Å². The third-order valence-corrected chi connectivity index (χ3v) is 7.86. The zero-order chi connectivity index (χ0) is 31.4. The van der Waals surface area contributed by atoms with E-state index in [-0.39, 0.29) is 24.2 Å². The average molecular weight is 612 g/mol. The fourth-order valence-electron chi connectivity index (χ4n) is 4.83.